The molecular weight excluding hydrogens is 1080 g/mol. The van der Waals surface area contributed by atoms with Gasteiger partial charge < -0.3 is 72.9 Å². The van der Waals surface area contributed by atoms with Crippen molar-refractivity contribution >= 4 is 56.3 Å². The van der Waals surface area contributed by atoms with Gasteiger partial charge in [-0.05, 0) is 88.5 Å². The Balaban J connectivity index is 0.00000183. The Labute approximate surface area is 455 Å². The number of hydrogen-bond acceptors (Lipinski definition) is 18. The molecule has 19 nitrogen and oxygen atoms in total. The van der Waals surface area contributed by atoms with Crippen LogP contribution < -0.4 is 24.7 Å². The average Bonchev–Trinajstić information content (AvgIpc) is 3.94. The minimum Gasteiger partial charge on any atom is -0.657 e. The maximum absolute atomic E-state index is 9.85. The summed E-state index contributed by atoms with van der Waals surface area (Å²) in [5, 5.41) is 37.5. The van der Waals surface area contributed by atoms with Crippen LogP contribution in [0.2, 0.25) is 0 Å². The van der Waals surface area contributed by atoms with Gasteiger partial charge in [-0.2, -0.15) is 0 Å². The molecule has 3 aromatic rings. The van der Waals surface area contributed by atoms with E-state index in [2.05, 4.69) is 26.0 Å². The van der Waals surface area contributed by atoms with E-state index < -0.39 is 11.9 Å². The number of nitrogens with zero attached hydrogens (tertiary/aromatic N) is 5. The molecule has 5 rings (SSSR count). The molecule has 0 saturated carbocycles. The van der Waals surface area contributed by atoms with Gasteiger partial charge >= 0.3 is 39.9 Å². The summed E-state index contributed by atoms with van der Waals surface area (Å²) in [6, 6.07) is 7.78. The van der Waals surface area contributed by atoms with Crippen molar-refractivity contribution in [1.82, 2.24) is 24.9 Å². The van der Waals surface area contributed by atoms with Crippen LogP contribution >= 0.6 is 0 Å². The summed E-state index contributed by atoms with van der Waals surface area (Å²) < 4.78 is 45.3. The van der Waals surface area contributed by atoms with Gasteiger partial charge in [0.25, 0.3) is 0 Å². The fraction of sp³-hybridized carbons (Fsp3) is 0.538. The SMILES string of the molecule is CC(=O)[O-].CC(=O)[O-].CCc1c(CC)c2cc3nc(cnc4cc(OCCOCCOCCOC)c(OCCOCCOCCOC)cc4ncc4nc(cc1[n-]2)C(CCCO)=C4C)C(C)=C3CCCO.[157Gd+3]. The van der Waals surface area contributed by atoms with Crippen molar-refractivity contribution in [1.29, 1.82) is 0 Å². The number of ether oxygens (including phenoxy) is 8. The van der Waals surface area contributed by atoms with Crippen molar-refractivity contribution in [2.24, 2.45) is 0 Å². The summed E-state index contributed by atoms with van der Waals surface area (Å²) >= 11 is 0. The molecule has 2 aromatic heterocycles. The Hall–Kier alpha value is -4.32. The number of aryl methyl sites for hydroxylation is 2. The summed E-state index contributed by atoms with van der Waals surface area (Å²) in [5.41, 5.74) is 12.2. The number of aliphatic hydroxyl groups excluding tert-OH is 2. The van der Waals surface area contributed by atoms with Gasteiger partial charge in [0.05, 0.1) is 112 Å². The first kappa shape index (κ1) is 63.8. The summed E-state index contributed by atoms with van der Waals surface area (Å²) in [5.74, 6) is -1.25. The van der Waals surface area contributed by atoms with E-state index in [1.165, 1.54) is 11.1 Å². The molecule has 2 aliphatic heterocycles. The normalized spacial score (nSPS) is 11.8. The zero-order valence-corrected chi connectivity index (χ0v) is 45.3. The van der Waals surface area contributed by atoms with Gasteiger partial charge in [-0.1, -0.05) is 37.1 Å². The summed E-state index contributed by atoms with van der Waals surface area (Å²) in [4.78, 5) is 43.2. The first-order valence-corrected chi connectivity index (χ1v) is 23.9. The molecule has 1 radical (unpaired) electrons. The quantitative estimate of drug-likeness (QED) is 0.0969. The van der Waals surface area contributed by atoms with E-state index in [1.54, 1.807) is 26.6 Å². The van der Waals surface area contributed by atoms with Gasteiger partial charge in [0.2, 0.25) is 0 Å². The van der Waals surface area contributed by atoms with Crippen LogP contribution in [0.25, 0.3) is 44.4 Å². The van der Waals surface area contributed by atoms with Gasteiger partial charge in [-0.15, -0.1) is 11.0 Å². The Morgan fingerprint density at radius 1 is 0.556 bits per heavy atom. The first-order valence-electron chi connectivity index (χ1n) is 23.9. The molecule has 0 amide bonds. The molecular formula is C52H72GdN5O14. The topological polar surface area (TPSA) is 260 Å². The molecule has 0 spiro atoms. The van der Waals surface area contributed by atoms with E-state index in [-0.39, 0.29) is 66.4 Å². The molecule has 20 heteroatoms. The van der Waals surface area contributed by atoms with E-state index in [0.717, 1.165) is 71.4 Å². The van der Waals surface area contributed by atoms with Crippen LogP contribution in [0.5, 0.6) is 11.5 Å². The van der Waals surface area contributed by atoms with Gasteiger partial charge in [0.15, 0.2) is 11.5 Å². The van der Waals surface area contributed by atoms with Gasteiger partial charge in [-0.25, -0.2) is 9.97 Å². The van der Waals surface area contributed by atoms with E-state index in [1.807, 2.05) is 26.0 Å². The second-order valence-electron chi connectivity index (χ2n) is 15.9. The Morgan fingerprint density at radius 2 is 0.889 bits per heavy atom. The number of carbonyl (C=O) groups is 2. The molecule has 6 bridgehead atoms. The monoisotopic (exact) mass is 1150 g/mol. The van der Waals surface area contributed by atoms with Crippen molar-refractivity contribution in [3.05, 3.63) is 70.6 Å². The first-order chi connectivity index (χ1) is 34.3. The van der Waals surface area contributed by atoms with Gasteiger partial charge in [-0.3, -0.25) is 9.97 Å². The van der Waals surface area contributed by atoms with Crippen LogP contribution in [-0.4, -0.2) is 149 Å². The third-order valence-corrected chi connectivity index (χ3v) is 10.7. The molecule has 1 aromatic carbocycles. The molecule has 2 N–H and O–H groups in total. The Kier molecular flexibility index (Phi) is 32.4. The van der Waals surface area contributed by atoms with Gasteiger partial charge in [0, 0.05) is 51.5 Å². The number of carbonyl (C=O) groups excluding carboxylic acids is 2. The average molecular weight is 1150 g/mol. The molecule has 0 unspecified atom stereocenters. The van der Waals surface area contributed by atoms with Crippen LogP contribution in [0.15, 0.2) is 36.7 Å². The fourth-order valence-corrected chi connectivity index (χ4v) is 7.33. The fourth-order valence-electron chi connectivity index (χ4n) is 7.33. The number of methoxy groups -OCH3 is 2. The summed E-state index contributed by atoms with van der Waals surface area (Å²) in [6.45, 7) is 15.4. The smallest absolute Gasteiger partial charge is 0.657 e. The zero-order valence-electron chi connectivity index (χ0n) is 43.0. The third kappa shape index (κ3) is 22.0. The Morgan fingerprint density at radius 3 is 1.21 bits per heavy atom. The molecule has 2 aliphatic rings. The Bertz CT molecular complexity index is 2240. The van der Waals surface area contributed by atoms with E-state index in [0.29, 0.717) is 126 Å². The molecule has 0 atom stereocenters. The number of carboxylic acids is 2. The summed E-state index contributed by atoms with van der Waals surface area (Å²) in [7, 11) is 3.27. The predicted molar refractivity (Wildman–Crippen MR) is 266 cm³/mol. The molecule has 0 fully saturated rings. The standard InChI is InChI=1S/C48H66N5O10.2C2H4O2.Gd/c1-7-35-36(8-2)40-28-42-38(12-10-14-55)34(4)46(53-42)32-50-44-30-48(63-26-24-61-22-20-59-18-16-57-6)47(62-25-23-60-21-19-58-17-15-56-5)29-43(44)49-31-45-33(3)37(11-9-13-54)41(52-45)27-39(35)51-40;2*1-2(3)4;/h27-32,54-55H,7-26H2,1-6H3;2*1H3,(H,3,4);/q-1;;;+3/p-2/i;;;1+0. The number of aromatic nitrogens is 5. The molecule has 0 aliphatic carbocycles. The number of carboxylic acid groups (broad SMARTS) is 2. The number of allylic oxidation sites excluding steroid dienone is 4. The number of rotatable bonds is 28. The number of fused-ring (bicyclic) bond motifs is 7. The van der Waals surface area contributed by atoms with Crippen molar-refractivity contribution in [2.75, 3.05) is 107 Å². The van der Waals surface area contributed by atoms with E-state index in [4.69, 9.17) is 82.6 Å². The second-order valence-corrected chi connectivity index (χ2v) is 15.9. The van der Waals surface area contributed by atoms with Crippen LogP contribution in [0.4, 0.5) is 0 Å². The van der Waals surface area contributed by atoms with Crippen molar-refractivity contribution < 1.29 is 108 Å². The summed E-state index contributed by atoms with van der Waals surface area (Å²) in [6.07, 6.45) is 7.61. The maximum atomic E-state index is 9.85. The molecule has 0 saturated heterocycles. The minimum absolute atomic E-state index is 0. The van der Waals surface area contributed by atoms with Crippen LogP contribution in [-0.2, 0) is 50.9 Å². The number of aliphatic hydroxyl groups is 2. The van der Waals surface area contributed by atoms with Gasteiger partial charge in [0.1, 0.15) is 13.2 Å². The number of hydrogen-bond donors (Lipinski definition) is 2. The van der Waals surface area contributed by atoms with Crippen molar-refractivity contribution in [2.45, 2.75) is 80.1 Å². The van der Waals surface area contributed by atoms with Crippen molar-refractivity contribution in [3.63, 3.8) is 0 Å². The maximum Gasteiger partial charge on any atom is 3.00 e. The molecule has 4 heterocycles. The minimum atomic E-state index is -1.08. The van der Waals surface area contributed by atoms with E-state index >= 15 is 0 Å². The zero-order chi connectivity index (χ0) is 52.0. The van der Waals surface area contributed by atoms with Crippen LogP contribution in [0.3, 0.4) is 0 Å². The van der Waals surface area contributed by atoms with Crippen LogP contribution in [0.1, 0.15) is 101 Å². The number of aliphatic carboxylic acids is 2. The second kappa shape index (κ2) is 36.6. The third-order valence-electron chi connectivity index (χ3n) is 10.7. The number of benzene rings is 1. The largest absolute Gasteiger partial charge is 3.00 e. The van der Waals surface area contributed by atoms with Crippen LogP contribution in [0, 0.1) is 39.9 Å². The molecule has 397 valence electrons. The van der Waals surface area contributed by atoms with Crippen molar-refractivity contribution in [3.8, 4) is 11.5 Å². The molecule has 72 heavy (non-hydrogen) atoms. The predicted octanol–water partition coefficient (Wildman–Crippen LogP) is 4.13. The van der Waals surface area contributed by atoms with E-state index in [9.17, 15) is 10.2 Å².